The lowest BCUT2D eigenvalue weighted by molar-refractivity contribution is 0.0224. The van der Waals surface area contributed by atoms with Crippen molar-refractivity contribution in [3.63, 3.8) is 0 Å². The largest absolute Gasteiger partial charge is 0.492 e. The summed E-state index contributed by atoms with van der Waals surface area (Å²) in [6, 6.07) is 14.6. The van der Waals surface area contributed by atoms with Gasteiger partial charge in [0.2, 0.25) is 0 Å². The van der Waals surface area contributed by atoms with Crippen molar-refractivity contribution in [2.24, 2.45) is 0 Å². The summed E-state index contributed by atoms with van der Waals surface area (Å²) in [7, 11) is 0. The molecule has 2 atom stereocenters. The lowest BCUT2D eigenvalue weighted by Gasteiger charge is -2.29. The number of hydrogen-bond acceptors (Lipinski definition) is 5. The van der Waals surface area contributed by atoms with Gasteiger partial charge in [-0.2, -0.15) is 0 Å². The Morgan fingerprint density at radius 2 is 1.89 bits per heavy atom. The molecule has 2 aliphatic rings. The standard InChI is InChI=1S/C28H32ClN5O4/c1-28(2,3)38-27(36)33-15-5-8-23(33)18-9-11-19(12-10-18)34-16-13-24(32-34)31-26(35)30-22-14-17-37-25-20(22)6-4-7-21(25)29/h4,6-7,9-13,16,22-23H,5,8,14-15,17H2,1-3H3,(H2,30,31,32,35)/t22-,23?/m0/s1. The van der Waals surface area contributed by atoms with Crippen molar-refractivity contribution in [1.82, 2.24) is 20.0 Å². The van der Waals surface area contributed by atoms with E-state index in [1.807, 2.05) is 57.2 Å². The maximum Gasteiger partial charge on any atom is 0.410 e. The first-order valence-corrected chi connectivity index (χ1v) is 13.2. The van der Waals surface area contributed by atoms with Crippen LogP contribution < -0.4 is 15.4 Å². The van der Waals surface area contributed by atoms with Gasteiger partial charge < -0.3 is 19.7 Å². The normalized spacial score (nSPS) is 18.9. The van der Waals surface area contributed by atoms with Gasteiger partial charge in [0.05, 0.1) is 29.4 Å². The highest BCUT2D eigenvalue weighted by atomic mass is 35.5. The van der Waals surface area contributed by atoms with E-state index < -0.39 is 5.60 Å². The first-order chi connectivity index (χ1) is 18.2. The Bertz CT molecular complexity index is 1320. The summed E-state index contributed by atoms with van der Waals surface area (Å²) in [6.45, 7) is 6.79. The summed E-state index contributed by atoms with van der Waals surface area (Å²) in [5.41, 5.74) is 2.23. The number of nitrogens with one attached hydrogen (secondary N) is 2. The highest BCUT2D eigenvalue weighted by Crippen LogP contribution is 2.37. The second-order valence-corrected chi connectivity index (χ2v) is 10.9. The van der Waals surface area contributed by atoms with Crippen LogP contribution in [0.5, 0.6) is 5.75 Å². The van der Waals surface area contributed by atoms with Crippen molar-refractivity contribution in [3.05, 3.63) is 70.9 Å². The number of ether oxygens (including phenoxy) is 2. The van der Waals surface area contributed by atoms with Crippen LogP contribution in [0.1, 0.15) is 63.2 Å². The summed E-state index contributed by atoms with van der Waals surface area (Å²) in [6.07, 6.45) is 3.99. The molecule has 0 radical (unpaired) electrons. The number of carbonyl (C=O) groups excluding carboxylic acids is 2. The van der Waals surface area contributed by atoms with Gasteiger partial charge >= 0.3 is 12.1 Å². The third-order valence-corrected chi connectivity index (χ3v) is 6.88. The van der Waals surface area contributed by atoms with Crippen molar-refractivity contribution in [1.29, 1.82) is 0 Å². The highest BCUT2D eigenvalue weighted by molar-refractivity contribution is 6.32. The molecule has 2 aliphatic heterocycles. The van der Waals surface area contributed by atoms with Gasteiger partial charge in [0, 0.05) is 30.8 Å². The van der Waals surface area contributed by atoms with E-state index in [0.29, 0.717) is 36.2 Å². The SMILES string of the molecule is CC(C)(C)OC(=O)N1CCCC1c1ccc(-n2ccc(NC(=O)N[C@H]3CCOc4c(Cl)cccc43)n2)cc1. The number of anilines is 1. The van der Waals surface area contributed by atoms with E-state index >= 15 is 0 Å². The van der Waals surface area contributed by atoms with Crippen LogP contribution in [-0.4, -0.2) is 45.6 Å². The molecule has 200 valence electrons. The van der Waals surface area contributed by atoms with E-state index in [1.165, 1.54) is 0 Å². The zero-order chi connectivity index (χ0) is 26.9. The summed E-state index contributed by atoms with van der Waals surface area (Å²) in [5.74, 6) is 1.04. The summed E-state index contributed by atoms with van der Waals surface area (Å²) in [4.78, 5) is 27.2. The number of likely N-dealkylation sites (tertiary alicyclic amines) is 1. The van der Waals surface area contributed by atoms with Crippen LogP contribution in [-0.2, 0) is 4.74 Å². The number of rotatable bonds is 4. The van der Waals surface area contributed by atoms with E-state index in [9.17, 15) is 9.59 Å². The molecule has 2 aromatic carbocycles. The Labute approximate surface area is 227 Å². The molecule has 38 heavy (non-hydrogen) atoms. The van der Waals surface area contributed by atoms with E-state index in [2.05, 4.69) is 15.7 Å². The number of aromatic nitrogens is 2. The molecule has 3 aromatic rings. The Hall–Kier alpha value is -3.72. The monoisotopic (exact) mass is 537 g/mol. The number of urea groups is 1. The molecule has 0 spiro atoms. The number of carbonyl (C=O) groups is 2. The van der Waals surface area contributed by atoms with Gasteiger partial charge in [-0.3, -0.25) is 5.32 Å². The number of nitrogens with zero attached hydrogens (tertiary/aromatic N) is 3. The maximum absolute atomic E-state index is 12.7. The second kappa shape index (κ2) is 10.6. The first kappa shape index (κ1) is 25.9. The minimum atomic E-state index is -0.528. The van der Waals surface area contributed by atoms with Crippen LogP contribution in [0.4, 0.5) is 15.4 Å². The van der Waals surface area contributed by atoms with Crippen LogP contribution in [0.25, 0.3) is 5.69 Å². The van der Waals surface area contributed by atoms with Crippen molar-refractivity contribution < 1.29 is 19.1 Å². The average molecular weight is 538 g/mol. The van der Waals surface area contributed by atoms with Crippen molar-refractivity contribution in [2.45, 2.75) is 57.7 Å². The number of amides is 3. The fourth-order valence-corrected chi connectivity index (χ4v) is 5.12. The van der Waals surface area contributed by atoms with E-state index in [4.69, 9.17) is 21.1 Å². The smallest absolute Gasteiger partial charge is 0.410 e. The quantitative estimate of drug-likeness (QED) is 0.410. The molecule has 9 nitrogen and oxygen atoms in total. The number of hydrogen-bond donors (Lipinski definition) is 2. The van der Waals surface area contributed by atoms with Crippen molar-refractivity contribution in [2.75, 3.05) is 18.5 Å². The van der Waals surface area contributed by atoms with Gasteiger partial charge in [0.25, 0.3) is 0 Å². The third kappa shape index (κ3) is 5.72. The van der Waals surface area contributed by atoms with Gasteiger partial charge in [-0.25, -0.2) is 14.3 Å². The zero-order valence-corrected chi connectivity index (χ0v) is 22.5. The fourth-order valence-electron chi connectivity index (χ4n) is 4.88. The van der Waals surface area contributed by atoms with Crippen molar-refractivity contribution >= 4 is 29.5 Å². The van der Waals surface area contributed by atoms with E-state index in [0.717, 1.165) is 29.7 Å². The fraction of sp³-hybridized carbons (Fsp3) is 0.393. The van der Waals surface area contributed by atoms with E-state index in [1.54, 1.807) is 27.9 Å². The van der Waals surface area contributed by atoms with Crippen LogP contribution in [0.15, 0.2) is 54.7 Å². The highest BCUT2D eigenvalue weighted by Gasteiger charge is 2.33. The molecule has 10 heteroatoms. The maximum atomic E-state index is 12.7. The molecule has 0 aliphatic carbocycles. The van der Waals surface area contributed by atoms with Crippen LogP contribution >= 0.6 is 11.6 Å². The summed E-state index contributed by atoms with van der Waals surface area (Å²) >= 11 is 6.24. The Morgan fingerprint density at radius 1 is 1.11 bits per heavy atom. The molecule has 1 unspecified atom stereocenters. The molecule has 1 fully saturated rings. The predicted molar refractivity (Wildman–Crippen MR) is 145 cm³/mol. The Kier molecular flexibility index (Phi) is 7.21. The number of para-hydroxylation sites is 1. The molecule has 1 saturated heterocycles. The average Bonchev–Trinajstić information content (AvgIpc) is 3.54. The van der Waals surface area contributed by atoms with E-state index in [-0.39, 0.29) is 24.2 Å². The number of benzene rings is 2. The molecule has 0 saturated carbocycles. The predicted octanol–water partition coefficient (Wildman–Crippen LogP) is 6.24. The van der Waals surface area contributed by atoms with Gasteiger partial charge in [0.15, 0.2) is 5.82 Å². The Morgan fingerprint density at radius 3 is 2.66 bits per heavy atom. The summed E-state index contributed by atoms with van der Waals surface area (Å²) < 4.78 is 13.0. The molecule has 0 bridgehead atoms. The van der Waals surface area contributed by atoms with Gasteiger partial charge in [-0.05, 0) is 57.4 Å². The molecular weight excluding hydrogens is 506 g/mol. The second-order valence-electron chi connectivity index (χ2n) is 10.5. The lowest BCUT2D eigenvalue weighted by atomic mass is 10.0. The van der Waals surface area contributed by atoms with Crippen LogP contribution in [0.3, 0.4) is 0 Å². The summed E-state index contributed by atoms with van der Waals surface area (Å²) in [5, 5.41) is 10.8. The Balaban J connectivity index is 1.21. The topological polar surface area (TPSA) is 97.7 Å². The van der Waals surface area contributed by atoms with Gasteiger partial charge in [-0.15, -0.1) is 5.10 Å². The minimum Gasteiger partial charge on any atom is -0.492 e. The lowest BCUT2D eigenvalue weighted by Crippen LogP contribution is -2.36. The molecule has 1 aromatic heterocycles. The van der Waals surface area contributed by atoms with Crippen LogP contribution in [0, 0.1) is 0 Å². The first-order valence-electron chi connectivity index (χ1n) is 12.8. The third-order valence-electron chi connectivity index (χ3n) is 6.58. The van der Waals surface area contributed by atoms with Crippen molar-refractivity contribution in [3.8, 4) is 11.4 Å². The molecular formula is C28H32ClN5O4. The van der Waals surface area contributed by atoms with Crippen LogP contribution in [0.2, 0.25) is 5.02 Å². The number of fused-ring (bicyclic) bond motifs is 1. The minimum absolute atomic E-state index is 0.0114. The molecule has 3 amide bonds. The molecule has 3 heterocycles. The number of halogens is 1. The zero-order valence-electron chi connectivity index (χ0n) is 21.7. The molecule has 2 N–H and O–H groups in total. The molecule has 5 rings (SSSR count). The van der Waals surface area contributed by atoms with Gasteiger partial charge in [0.1, 0.15) is 11.4 Å². The van der Waals surface area contributed by atoms with Gasteiger partial charge in [-0.1, -0.05) is 35.9 Å².